The Morgan fingerprint density at radius 2 is 2.33 bits per heavy atom. The molecule has 1 aromatic rings. The van der Waals surface area contributed by atoms with Gasteiger partial charge < -0.3 is 10.1 Å². The van der Waals surface area contributed by atoms with E-state index in [1.54, 1.807) is 12.1 Å². The molecule has 15 heavy (non-hydrogen) atoms. The number of nitrogens with zero attached hydrogens (tertiary/aromatic N) is 1. The zero-order chi connectivity index (χ0) is 10.7. The molecule has 0 bridgehead atoms. The van der Waals surface area contributed by atoms with Crippen LogP contribution in [0.5, 0.6) is 0 Å². The minimum atomic E-state index is -0.444. The van der Waals surface area contributed by atoms with E-state index >= 15 is 0 Å². The van der Waals surface area contributed by atoms with Crippen LogP contribution in [0.4, 0.5) is 10.2 Å². The van der Waals surface area contributed by atoms with Crippen molar-refractivity contribution < 1.29 is 9.13 Å². The Morgan fingerprint density at radius 3 is 3.00 bits per heavy atom. The molecule has 4 heteroatoms. The van der Waals surface area contributed by atoms with Gasteiger partial charge in [-0.2, -0.15) is 4.39 Å². The first-order chi connectivity index (χ1) is 7.28. The molecular weight excluding hydrogens is 195 g/mol. The molecule has 1 aliphatic carbocycles. The molecule has 1 heterocycles. The first-order valence-electron chi connectivity index (χ1n) is 5.28. The van der Waals surface area contributed by atoms with Gasteiger partial charge in [0.1, 0.15) is 5.82 Å². The van der Waals surface area contributed by atoms with Gasteiger partial charge in [-0.3, -0.25) is 0 Å². The lowest BCUT2D eigenvalue weighted by Gasteiger charge is -2.35. The number of anilines is 1. The molecule has 82 valence electrons. The fourth-order valence-corrected chi connectivity index (χ4v) is 1.75. The highest BCUT2D eigenvalue weighted by atomic mass is 19.1. The van der Waals surface area contributed by atoms with Crippen LogP contribution in [0.1, 0.15) is 19.8 Å². The van der Waals surface area contributed by atoms with Gasteiger partial charge in [-0.25, -0.2) is 4.98 Å². The minimum absolute atomic E-state index is 0.362. The number of rotatable bonds is 4. The molecule has 1 aromatic heterocycles. The van der Waals surface area contributed by atoms with Crippen molar-refractivity contribution >= 4 is 5.82 Å². The molecule has 1 saturated carbocycles. The SMILES string of the molecule is CCOC1CC(Nc2cccc(F)n2)C1. The Hall–Kier alpha value is -1.16. The zero-order valence-corrected chi connectivity index (χ0v) is 8.74. The van der Waals surface area contributed by atoms with E-state index in [1.165, 1.54) is 6.07 Å². The summed E-state index contributed by atoms with van der Waals surface area (Å²) in [7, 11) is 0. The third-order valence-electron chi connectivity index (χ3n) is 2.56. The summed E-state index contributed by atoms with van der Waals surface area (Å²) in [5.74, 6) is 0.163. The lowest BCUT2D eigenvalue weighted by atomic mass is 9.89. The highest BCUT2D eigenvalue weighted by Gasteiger charge is 2.29. The van der Waals surface area contributed by atoms with Gasteiger partial charge in [-0.05, 0) is 31.9 Å². The van der Waals surface area contributed by atoms with Crippen molar-refractivity contribution in [2.75, 3.05) is 11.9 Å². The molecule has 0 aromatic carbocycles. The van der Waals surface area contributed by atoms with Gasteiger partial charge in [0.15, 0.2) is 0 Å². The van der Waals surface area contributed by atoms with Crippen LogP contribution in [0, 0.1) is 5.95 Å². The second kappa shape index (κ2) is 4.57. The topological polar surface area (TPSA) is 34.1 Å². The van der Waals surface area contributed by atoms with E-state index in [1.807, 2.05) is 6.92 Å². The van der Waals surface area contributed by atoms with Crippen molar-refractivity contribution in [3.63, 3.8) is 0 Å². The number of nitrogens with one attached hydrogen (secondary N) is 1. The maximum atomic E-state index is 12.8. The van der Waals surface area contributed by atoms with E-state index < -0.39 is 5.95 Å². The van der Waals surface area contributed by atoms with Gasteiger partial charge in [0.2, 0.25) is 5.95 Å². The number of hydrogen-bond acceptors (Lipinski definition) is 3. The summed E-state index contributed by atoms with van der Waals surface area (Å²) >= 11 is 0. The summed E-state index contributed by atoms with van der Waals surface area (Å²) in [6.45, 7) is 2.75. The third-order valence-corrected chi connectivity index (χ3v) is 2.56. The van der Waals surface area contributed by atoms with Crippen LogP contribution in [0.2, 0.25) is 0 Å². The third kappa shape index (κ3) is 2.65. The number of pyridine rings is 1. The first-order valence-corrected chi connectivity index (χ1v) is 5.28. The molecule has 0 radical (unpaired) electrons. The number of aromatic nitrogens is 1. The van der Waals surface area contributed by atoms with E-state index in [-0.39, 0.29) is 0 Å². The van der Waals surface area contributed by atoms with Crippen molar-refractivity contribution in [3.05, 3.63) is 24.1 Å². The Labute approximate surface area is 88.7 Å². The Morgan fingerprint density at radius 1 is 1.53 bits per heavy atom. The van der Waals surface area contributed by atoms with Crippen LogP contribution in [0.3, 0.4) is 0 Å². The highest BCUT2D eigenvalue weighted by Crippen LogP contribution is 2.26. The van der Waals surface area contributed by atoms with Crippen molar-refractivity contribution in [3.8, 4) is 0 Å². The Balaban J connectivity index is 1.80. The standard InChI is InChI=1S/C11H15FN2O/c1-2-15-9-6-8(7-9)13-11-5-3-4-10(12)14-11/h3-5,8-9H,2,6-7H2,1H3,(H,13,14). The average molecular weight is 210 g/mol. The van der Waals surface area contributed by atoms with E-state index in [0.29, 0.717) is 18.0 Å². The first kappa shape index (κ1) is 10.4. The molecule has 1 fully saturated rings. The maximum absolute atomic E-state index is 12.8. The maximum Gasteiger partial charge on any atom is 0.214 e. The molecule has 0 amide bonds. The predicted molar refractivity (Wildman–Crippen MR) is 56.3 cm³/mol. The van der Waals surface area contributed by atoms with Gasteiger partial charge in [-0.1, -0.05) is 6.07 Å². The van der Waals surface area contributed by atoms with Gasteiger partial charge in [0.25, 0.3) is 0 Å². The molecule has 0 aliphatic heterocycles. The predicted octanol–water partition coefficient (Wildman–Crippen LogP) is 2.20. The number of hydrogen-bond donors (Lipinski definition) is 1. The summed E-state index contributed by atoms with van der Waals surface area (Å²) < 4.78 is 18.2. The molecule has 2 rings (SSSR count). The second-order valence-electron chi connectivity index (χ2n) is 3.74. The molecule has 3 nitrogen and oxygen atoms in total. The van der Waals surface area contributed by atoms with Crippen LogP contribution in [0.15, 0.2) is 18.2 Å². The molecule has 1 aliphatic rings. The normalized spacial score (nSPS) is 24.7. The summed E-state index contributed by atoms with van der Waals surface area (Å²) in [6, 6.07) is 5.14. The van der Waals surface area contributed by atoms with Gasteiger partial charge in [0, 0.05) is 12.6 Å². The number of halogens is 1. The minimum Gasteiger partial charge on any atom is -0.378 e. The highest BCUT2D eigenvalue weighted by molar-refractivity contribution is 5.35. The van der Waals surface area contributed by atoms with E-state index in [9.17, 15) is 4.39 Å². The molecule has 0 unspecified atom stereocenters. The van der Waals surface area contributed by atoms with E-state index in [0.717, 1.165) is 19.4 Å². The lowest BCUT2D eigenvalue weighted by molar-refractivity contribution is 0.00292. The largest absolute Gasteiger partial charge is 0.378 e. The van der Waals surface area contributed by atoms with Gasteiger partial charge >= 0.3 is 0 Å². The summed E-state index contributed by atoms with van der Waals surface area (Å²) in [4.78, 5) is 3.75. The van der Waals surface area contributed by atoms with Crippen LogP contribution >= 0.6 is 0 Å². The second-order valence-corrected chi connectivity index (χ2v) is 3.74. The van der Waals surface area contributed by atoms with E-state index in [4.69, 9.17) is 4.74 Å². The van der Waals surface area contributed by atoms with Crippen molar-refractivity contribution in [1.82, 2.24) is 4.98 Å². The summed E-state index contributed by atoms with van der Waals surface area (Å²) in [6.07, 6.45) is 2.32. The number of ether oxygens (including phenoxy) is 1. The smallest absolute Gasteiger partial charge is 0.214 e. The monoisotopic (exact) mass is 210 g/mol. The molecule has 1 N–H and O–H groups in total. The van der Waals surface area contributed by atoms with E-state index in [2.05, 4.69) is 10.3 Å². The summed E-state index contributed by atoms with van der Waals surface area (Å²) in [5.41, 5.74) is 0. The van der Waals surface area contributed by atoms with Crippen molar-refractivity contribution in [1.29, 1.82) is 0 Å². The summed E-state index contributed by atoms with van der Waals surface area (Å²) in [5, 5.41) is 3.18. The Bertz CT molecular complexity index is 326. The van der Waals surface area contributed by atoms with Crippen LogP contribution in [-0.2, 0) is 4.74 Å². The average Bonchev–Trinajstić information content (AvgIpc) is 2.15. The molecule has 0 spiro atoms. The van der Waals surface area contributed by atoms with Gasteiger partial charge in [0.05, 0.1) is 6.10 Å². The Kier molecular flexibility index (Phi) is 3.16. The van der Waals surface area contributed by atoms with Crippen molar-refractivity contribution in [2.45, 2.75) is 31.9 Å². The molecule has 0 atom stereocenters. The van der Waals surface area contributed by atoms with Crippen LogP contribution in [-0.4, -0.2) is 23.7 Å². The fourth-order valence-electron chi connectivity index (χ4n) is 1.75. The lowest BCUT2D eigenvalue weighted by Crippen LogP contribution is -2.41. The zero-order valence-electron chi connectivity index (χ0n) is 8.74. The fraction of sp³-hybridized carbons (Fsp3) is 0.545. The van der Waals surface area contributed by atoms with Gasteiger partial charge in [-0.15, -0.1) is 0 Å². The molecular formula is C11H15FN2O. The quantitative estimate of drug-likeness (QED) is 0.773. The molecule has 0 saturated heterocycles. The van der Waals surface area contributed by atoms with Crippen LogP contribution < -0.4 is 5.32 Å². The van der Waals surface area contributed by atoms with Crippen LogP contribution in [0.25, 0.3) is 0 Å². The van der Waals surface area contributed by atoms with Crippen molar-refractivity contribution in [2.24, 2.45) is 0 Å².